The van der Waals surface area contributed by atoms with Gasteiger partial charge in [-0.05, 0) is 36.5 Å². The smallest absolute Gasteiger partial charge is 0.307 e. The van der Waals surface area contributed by atoms with Crippen LogP contribution in [0.2, 0.25) is 0 Å². The third-order valence-electron chi connectivity index (χ3n) is 3.52. The summed E-state index contributed by atoms with van der Waals surface area (Å²) in [6.45, 7) is 0. The lowest BCUT2D eigenvalue weighted by atomic mass is 9.86. The van der Waals surface area contributed by atoms with E-state index in [0.29, 0.717) is 12.0 Å². The van der Waals surface area contributed by atoms with Crippen molar-refractivity contribution in [1.29, 1.82) is 0 Å². The number of carbonyl (C=O) groups is 1. The molecule has 0 saturated carbocycles. The van der Waals surface area contributed by atoms with Crippen LogP contribution in [0, 0.1) is 17.7 Å². The van der Waals surface area contributed by atoms with Crippen molar-refractivity contribution >= 4 is 15.8 Å². The minimum absolute atomic E-state index is 0.0604. The van der Waals surface area contributed by atoms with Crippen LogP contribution in [0.25, 0.3) is 0 Å². The molecule has 1 aliphatic rings. The first kappa shape index (κ1) is 14.0. The molecule has 4 nitrogen and oxygen atoms in total. The predicted molar refractivity (Wildman–Crippen MR) is 68.0 cm³/mol. The van der Waals surface area contributed by atoms with Gasteiger partial charge in [-0.25, -0.2) is 12.8 Å². The highest BCUT2D eigenvalue weighted by Gasteiger charge is 2.37. The van der Waals surface area contributed by atoms with Crippen molar-refractivity contribution in [3.05, 3.63) is 35.6 Å². The normalized spacial score (nSPS) is 23.1. The number of carboxylic acids is 1. The summed E-state index contributed by atoms with van der Waals surface area (Å²) in [4.78, 5) is 11.3. The van der Waals surface area contributed by atoms with Gasteiger partial charge < -0.3 is 5.11 Å². The second kappa shape index (κ2) is 5.28. The van der Waals surface area contributed by atoms with Crippen molar-refractivity contribution in [2.45, 2.75) is 12.8 Å². The summed E-state index contributed by atoms with van der Waals surface area (Å²) in [6.07, 6.45) is 0.621. The Balaban J connectivity index is 2.13. The number of carboxylic acid groups (broad SMARTS) is 1. The van der Waals surface area contributed by atoms with Gasteiger partial charge in [0.05, 0.1) is 17.4 Å². The van der Waals surface area contributed by atoms with Crippen LogP contribution in [0.4, 0.5) is 4.39 Å². The van der Waals surface area contributed by atoms with E-state index in [1.807, 2.05) is 0 Å². The number of hydrogen-bond acceptors (Lipinski definition) is 3. The van der Waals surface area contributed by atoms with E-state index in [1.54, 1.807) is 0 Å². The van der Waals surface area contributed by atoms with E-state index in [1.165, 1.54) is 24.3 Å². The van der Waals surface area contributed by atoms with Crippen LogP contribution < -0.4 is 0 Å². The zero-order chi connectivity index (χ0) is 14.0. The molecule has 0 radical (unpaired) electrons. The molecule has 1 aliphatic heterocycles. The van der Waals surface area contributed by atoms with Crippen LogP contribution in [-0.2, 0) is 21.1 Å². The van der Waals surface area contributed by atoms with Gasteiger partial charge in [0, 0.05) is 0 Å². The molecule has 6 heteroatoms. The maximum absolute atomic E-state index is 12.8. The minimum Gasteiger partial charge on any atom is -0.481 e. The summed E-state index contributed by atoms with van der Waals surface area (Å²) in [5, 5.41) is 9.25. The van der Waals surface area contributed by atoms with Crippen molar-refractivity contribution in [2.24, 2.45) is 11.8 Å². The number of hydrogen-bond donors (Lipinski definition) is 1. The summed E-state index contributed by atoms with van der Waals surface area (Å²) in [7, 11) is -3.10. The van der Waals surface area contributed by atoms with E-state index in [2.05, 4.69) is 0 Å². The lowest BCUT2D eigenvalue weighted by Gasteiger charge is -2.18. The molecular weight excluding hydrogens is 271 g/mol. The van der Waals surface area contributed by atoms with E-state index < -0.39 is 21.7 Å². The minimum atomic E-state index is -3.10. The predicted octanol–water partition coefficient (Wildman–Crippen LogP) is 1.50. The first-order valence-electron chi connectivity index (χ1n) is 6.05. The van der Waals surface area contributed by atoms with E-state index in [4.69, 9.17) is 0 Å². The molecule has 0 aliphatic carbocycles. The maximum atomic E-state index is 12.8. The molecule has 2 unspecified atom stereocenters. The first-order valence-corrected chi connectivity index (χ1v) is 7.87. The molecule has 1 heterocycles. The molecule has 19 heavy (non-hydrogen) atoms. The summed E-state index contributed by atoms with van der Waals surface area (Å²) < 4.78 is 35.6. The van der Waals surface area contributed by atoms with E-state index in [0.717, 1.165) is 0 Å². The molecule has 0 bridgehead atoms. The van der Waals surface area contributed by atoms with E-state index in [9.17, 15) is 22.7 Å². The molecule has 1 aromatic carbocycles. The van der Waals surface area contributed by atoms with Gasteiger partial charge in [0.15, 0.2) is 9.84 Å². The molecule has 0 amide bonds. The highest BCUT2D eigenvalue weighted by atomic mass is 32.2. The molecule has 1 aromatic rings. The average molecular weight is 286 g/mol. The standard InChI is InChI=1S/C13H15FO4S/c14-11-3-1-9(2-4-11)7-12(13(15)16)10-5-6-19(17,18)8-10/h1-4,10,12H,5-8H2,(H,15,16). The number of sulfone groups is 1. The highest BCUT2D eigenvalue weighted by molar-refractivity contribution is 7.91. The third-order valence-corrected chi connectivity index (χ3v) is 5.32. The molecule has 1 fully saturated rings. The van der Waals surface area contributed by atoms with Gasteiger partial charge >= 0.3 is 5.97 Å². The topological polar surface area (TPSA) is 71.4 Å². The lowest BCUT2D eigenvalue weighted by Crippen LogP contribution is -2.26. The molecule has 0 aromatic heterocycles. The van der Waals surface area contributed by atoms with Crippen LogP contribution in [0.1, 0.15) is 12.0 Å². The van der Waals surface area contributed by atoms with Crippen LogP contribution in [0.15, 0.2) is 24.3 Å². The van der Waals surface area contributed by atoms with Gasteiger partial charge in [-0.3, -0.25) is 4.79 Å². The fourth-order valence-electron chi connectivity index (χ4n) is 2.47. The average Bonchev–Trinajstić information content (AvgIpc) is 2.68. The largest absolute Gasteiger partial charge is 0.481 e. The Bertz CT molecular complexity index is 565. The Kier molecular flexibility index (Phi) is 3.89. The number of benzene rings is 1. The summed E-state index contributed by atoms with van der Waals surface area (Å²) >= 11 is 0. The van der Waals surface area contributed by atoms with Crippen LogP contribution in [0.5, 0.6) is 0 Å². The van der Waals surface area contributed by atoms with Gasteiger partial charge in [-0.1, -0.05) is 12.1 Å². The van der Waals surface area contributed by atoms with Crippen LogP contribution in [0.3, 0.4) is 0 Å². The first-order chi connectivity index (χ1) is 8.87. The van der Waals surface area contributed by atoms with E-state index >= 15 is 0 Å². The quantitative estimate of drug-likeness (QED) is 0.910. The summed E-state index contributed by atoms with van der Waals surface area (Å²) in [5.74, 6) is -2.46. The number of aliphatic carboxylic acids is 1. The monoisotopic (exact) mass is 286 g/mol. The SMILES string of the molecule is O=C(O)C(Cc1ccc(F)cc1)C1CCS(=O)(=O)C1. The Morgan fingerprint density at radius 2 is 2.00 bits per heavy atom. The lowest BCUT2D eigenvalue weighted by molar-refractivity contribution is -0.143. The highest BCUT2D eigenvalue weighted by Crippen LogP contribution is 2.29. The van der Waals surface area contributed by atoms with Gasteiger partial charge in [-0.15, -0.1) is 0 Å². The van der Waals surface area contributed by atoms with Crippen LogP contribution in [-0.4, -0.2) is 31.0 Å². The second-order valence-corrected chi connectivity index (χ2v) is 7.17. The van der Waals surface area contributed by atoms with Crippen molar-refractivity contribution in [1.82, 2.24) is 0 Å². The Labute approximate surface area is 111 Å². The summed E-state index contributed by atoms with van der Waals surface area (Å²) in [5.41, 5.74) is 0.707. The van der Waals surface area contributed by atoms with E-state index in [-0.39, 0.29) is 29.7 Å². The number of halogens is 1. The maximum Gasteiger partial charge on any atom is 0.307 e. The Morgan fingerprint density at radius 1 is 1.37 bits per heavy atom. The molecule has 0 spiro atoms. The van der Waals surface area contributed by atoms with Crippen molar-refractivity contribution in [3.63, 3.8) is 0 Å². The molecule has 2 rings (SSSR count). The zero-order valence-corrected chi connectivity index (χ0v) is 11.1. The van der Waals surface area contributed by atoms with Crippen molar-refractivity contribution in [2.75, 3.05) is 11.5 Å². The molecule has 1 saturated heterocycles. The van der Waals surface area contributed by atoms with Gasteiger partial charge in [0.2, 0.25) is 0 Å². The van der Waals surface area contributed by atoms with Crippen molar-refractivity contribution in [3.8, 4) is 0 Å². The Hall–Kier alpha value is -1.43. The fraction of sp³-hybridized carbons (Fsp3) is 0.462. The van der Waals surface area contributed by atoms with Gasteiger partial charge in [0.25, 0.3) is 0 Å². The van der Waals surface area contributed by atoms with Gasteiger partial charge in [0.1, 0.15) is 5.82 Å². The fourth-order valence-corrected chi connectivity index (χ4v) is 4.35. The zero-order valence-electron chi connectivity index (χ0n) is 10.3. The number of rotatable bonds is 4. The van der Waals surface area contributed by atoms with Crippen molar-refractivity contribution < 1.29 is 22.7 Å². The molecule has 104 valence electrons. The van der Waals surface area contributed by atoms with Gasteiger partial charge in [-0.2, -0.15) is 0 Å². The molecule has 2 atom stereocenters. The summed E-state index contributed by atoms with van der Waals surface area (Å²) in [6, 6.07) is 5.63. The molecular formula is C13H15FO4S. The van der Waals surface area contributed by atoms with Crippen LogP contribution >= 0.6 is 0 Å². The second-order valence-electron chi connectivity index (χ2n) is 4.94. The third kappa shape index (κ3) is 3.53. The Morgan fingerprint density at radius 3 is 2.47 bits per heavy atom. The molecule has 1 N–H and O–H groups in total.